The summed E-state index contributed by atoms with van der Waals surface area (Å²) in [5.41, 5.74) is 18.0. The number of carboxylic acids is 3. The summed E-state index contributed by atoms with van der Waals surface area (Å²) in [7, 11) is 6.00. The van der Waals surface area contributed by atoms with Crippen LogP contribution >= 0.6 is 0 Å². The highest BCUT2D eigenvalue weighted by atomic mass is 16.4. The second kappa shape index (κ2) is 90.1. The van der Waals surface area contributed by atoms with Gasteiger partial charge in [0.1, 0.15) is 0 Å². The van der Waals surface area contributed by atoms with Crippen molar-refractivity contribution in [3.8, 4) is 0 Å². The Morgan fingerprint density at radius 2 is 0.762 bits per heavy atom. The van der Waals surface area contributed by atoms with Gasteiger partial charge in [-0.1, -0.05) is 103 Å². The topological polar surface area (TPSA) is 286 Å². The van der Waals surface area contributed by atoms with Crippen molar-refractivity contribution in [3.63, 3.8) is 0 Å². The molecule has 0 bridgehead atoms. The van der Waals surface area contributed by atoms with Gasteiger partial charge >= 0.3 is 17.9 Å². The van der Waals surface area contributed by atoms with Gasteiger partial charge in [0.25, 0.3) is 0 Å². The number of unbranched alkanes of at least 4 members (excludes halogenated alkanes) is 2. The van der Waals surface area contributed by atoms with Crippen LogP contribution in [0.3, 0.4) is 0 Å². The zero-order valence-corrected chi connectivity index (χ0v) is 26.4. The Bertz CT molecular complexity index is 370. The molecule has 0 aliphatic heterocycles. The van der Waals surface area contributed by atoms with Crippen LogP contribution in [0, 0.1) is 11.8 Å². The molecule has 12 nitrogen and oxygen atoms in total. The first-order chi connectivity index (χ1) is 17.4. The molecule has 272 valence electrons. The Hall–Kier alpha value is -1.83. The van der Waals surface area contributed by atoms with Crippen LogP contribution in [0.1, 0.15) is 141 Å². The predicted molar refractivity (Wildman–Crippen MR) is 191 cm³/mol. The van der Waals surface area contributed by atoms with Gasteiger partial charge in [-0.05, 0) is 60.3 Å². The molecule has 0 aromatic heterocycles. The lowest BCUT2D eigenvalue weighted by atomic mass is 10.1. The van der Waals surface area contributed by atoms with Gasteiger partial charge in [-0.3, -0.25) is 14.4 Å². The minimum absolute atomic E-state index is 0. The van der Waals surface area contributed by atoms with E-state index in [0.717, 1.165) is 70.6 Å². The summed E-state index contributed by atoms with van der Waals surface area (Å²) in [6.45, 7) is 10.1. The molecule has 0 aromatic rings. The Labute approximate surface area is 264 Å². The lowest BCUT2D eigenvalue weighted by Crippen LogP contribution is -2.07. The molecule has 0 unspecified atom stereocenters. The average Bonchev–Trinajstić information content (AvgIpc) is 3.67. The van der Waals surface area contributed by atoms with Gasteiger partial charge in [0.05, 0.1) is 11.8 Å². The van der Waals surface area contributed by atoms with Crippen LogP contribution in [-0.2, 0) is 14.4 Å². The van der Waals surface area contributed by atoms with Crippen LogP contribution in [0.5, 0.6) is 0 Å². The first-order valence-corrected chi connectivity index (χ1v) is 13.4. The van der Waals surface area contributed by atoms with Crippen molar-refractivity contribution >= 4 is 17.9 Å². The fraction of sp³-hybridized carbons (Fsp3) is 0.900. The van der Waals surface area contributed by atoms with E-state index in [1.807, 2.05) is 27.7 Å². The Balaban J connectivity index is -0.0000000218. The van der Waals surface area contributed by atoms with E-state index >= 15 is 0 Å². The van der Waals surface area contributed by atoms with Crippen LogP contribution in [0.15, 0.2) is 0 Å². The SMILES string of the molecule is C.C.C.C.CC.CC.CCCCCC(=O)O.CN.CN.CN.CN.N.N.O=C(O)C1CCCC1.O=C(O)C1CCCC1. The molecular formula is C30H86N6O6. The summed E-state index contributed by atoms with van der Waals surface area (Å²) in [6.07, 6.45) is 11.3. The van der Waals surface area contributed by atoms with Gasteiger partial charge in [0.15, 0.2) is 0 Å². The van der Waals surface area contributed by atoms with E-state index in [0.29, 0.717) is 6.42 Å². The molecule has 2 saturated carbocycles. The molecule has 2 fully saturated rings. The molecule has 0 atom stereocenters. The summed E-state index contributed by atoms with van der Waals surface area (Å²) in [5, 5.41) is 25.0. The molecular weight excluding hydrogens is 540 g/mol. The van der Waals surface area contributed by atoms with Gasteiger partial charge in [-0.15, -0.1) is 0 Å². The number of hydrogen-bond donors (Lipinski definition) is 9. The van der Waals surface area contributed by atoms with Gasteiger partial charge in [-0.25, -0.2) is 0 Å². The summed E-state index contributed by atoms with van der Waals surface area (Å²) >= 11 is 0. The Morgan fingerprint density at radius 3 is 0.881 bits per heavy atom. The van der Waals surface area contributed by atoms with Crippen LogP contribution in [0.25, 0.3) is 0 Å². The fourth-order valence-corrected chi connectivity index (χ4v) is 2.87. The van der Waals surface area contributed by atoms with Crippen molar-refractivity contribution in [3.05, 3.63) is 0 Å². The quantitative estimate of drug-likeness (QED) is 0.130. The van der Waals surface area contributed by atoms with Gasteiger partial charge in [-0.2, -0.15) is 0 Å². The van der Waals surface area contributed by atoms with Crippen LogP contribution in [0.2, 0.25) is 0 Å². The minimum Gasteiger partial charge on any atom is -0.481 e. The van der Waals surface area contributed by atoms with Crippen molar-refractivity contribution in [2.45, 2.75) is 141 Å². The molecule has 0 spiro atoms. The van der Waals surface area contributed by atoms with Gasteiger partial charge in [0.2, 0.25) is 0 Å². The zero-order chi connectivity index (χ0) is 30.4. The summed E-state index contributed by atoms with van der Waals surface area (Å²) < 4.78 is 0. The van der Waals surface area contributed by atoms with E-state index in [4.69, 9.17) is 15.3 Å². The number of hydrogen-bond acceptors (Lipinski definition) is 9. The fourth-order valence-electron chi connectivity index (χ4n) is 2.87. The normalized spacial score (nSPS) is 10.8. The zero-order valence-electron chi connectivity index (χ0n) is 26.4. The largest absolute Gasteiger partial charge is 0.481 e. The third-order valence-electron chi connectivity index (χ3n) is 4.40. The van der Waals surface area contributed by atoms with Crippen molar-refractivity contribution in [1.82, 2.24) is 12.3 Å². The highest BCUT2D eigenvalue weighted by molar-refractivity contribution is 5.70. The molecule has 0 radical (unpaired) electrons. The highest BCUT2D eigenvalue weighted by Gasteiger charge is 2.21. The Kier molecular flexibility index (Phi) is 179. The van der Waals surface area contributed by atoms with Crippen molar-refractivity contribution < 1.29 is 29.7 Å². The monoisotopic (exact) mass is 627 g/mol. The van der Waals surface area contributed by atoms with E-state index in [1.54, 1.807) is 0 Å². The van der Waals surface area contributed by atoms with Crippen LogP contribution in [0.4, 0.5) is 0 Å². The van der Waals surface area contributed by atoms with E-state index in [9.17, 15) is 14.4 Å². The van der Waals surface area contributed by atoms with Gasteiger partial charge < -0.3 is 50.6 Å². The molecule has 2 rings (SSSR count). The number of rotatable bonds is 6. The van der Waals surface area contributed by atoms with E-state index in [1.165, 1.54) is 28.2 Å². The lowest BCUT2D eigenvalue weighted by molar-refractivity contribution is -0.142. The average molecular weight is 627 g/mol. The van der Waals surface area contributed by atoms with E-state index < -0.39 is 17.9 Å². The summed E-state index contributed by atoms with van der Waals surface area (Å²) in [6, 6.07) is 0. The van der Waals surface area contributed by atoms with E-state index in [2.05, 4.69) is 29.9 Å². The Morgan fingerprint density at radius 1 is 0.548 bits per heavy atom. The lowest BCUT2D eigenvalue weighted by Gasteiger charge is -1.97. The molecule has 12 heteroatoms. The maximum absolute atomic E-state index is 10.2. The third kappa shape index (κ3) is 83.2. The number of aliphatic carboxylic acids is 3. The van der Waals surface area contributed by atoms with E-state index in [-0.39, 0.29) is 53.8 Å². The molecule has 2 aliphatic carbocycles. The maximum Gasteiger partial charge on any atom is 0.306 e. The predicted octanol–water partition coefficient (Wildman–Crippen LogP) is 7.39. The first kappa shape index (κ1) is 83.5. The number of carbonyl (C=O) groups is 3. The highest BCUT2D eigenvalue weighted by Crippen LogP contribution is 2.24. The number of carboxylic acid groups (broad SMARTS) is 3. The van der Waals surface area contributed by atoms with Crippen LogP contribution < -0.4 is 35.2 Å². The molecule has 42 heavy (non-hydrogen) atoms. The maximum atomic E-state index is 10.2. The molecule has 0 amide bonds. The second-order valence-electron chi connectivity index (χ2n) is 6.49. The summed E-state index contributed by atoms with van der Waals surface area (Å²) in [5.74, 6) is -1.94. The minimum atomic E-state index is -0.682. The molecule has 0 heterocycles. The van der Waals surface area contributed by atoms with Crippen molar-refractivity contribution in [1.29, 1.82) is 0 Å². The second-order valence-corrected chi connectivity index (χ2v) is 6.49. The molecule has 2 aliphatic rings. The smallest absolute Gasteiger partial charge is 0.306 e. The van der Waals surface area contributed by atoms with Gasteiger partial charge in [0, 0.05) is 6.42 Å². The van der Waals surface area contributed by atoms with Crippen LogP contribution in [-0.4, -0.2) is 61.4 Å². The number of nitrogens with two attached hydrogens (primary N) is 4. The van der Waals surface area contributed by atoms with Crippen molar-refractivity contribution in [2.75, 3.05) is 28.2 Å². The molecule has 0 saturated heterocycles. The standard InChI is InChI=1S/2C6H10O2.C6H12O2.2C2H6.4CH5N.4CH4.2H3N/c2*7-6(8)5-3-1-2-4-5;1-2-3-4-5-6(7)8;6*1-2;;;;;;/h2*5H,1-4H2,(H,7,8);2-5H2,1H3,(H,7,8);2*1-2H3;4*2H2,1H3;4*1H4;2*1H3. The first-order valence-electron chi connectivity index (χ1n) is 13.4. The third-order valence-corrected chi connectivity index (χ3v) is 4.40. The summed E-state index contributed by atoms with van der Waals surface area (Å²) in [4.78, 5) is 30.3. The molecule has 0 aromatic carbocycles. The van der Waals surface area contributed by atoms with Crippen molar-refractivity contribution in [2.24, 2.45) is 34.8 Å². The molecule has 17 N–H and O–H groups in total.